The maximum atomic E-state index is 12.7. The third kappa shape index (κ3) is 4.74. The molecule has 1 amide bonds. The van der Waals surface area contributed by atoms with Gasteiger partial charge in [0.05, 0.1) is 12.2 Å². The van der Waals surface area contributed by atoms with Crippen molar-refractivity contribution in [2.24, 2.45) is 0 Å². The molecule has 0 saturated carbocycles. The van der Waals surface area contributed by atoms with Gasteiger partial charge in [-0.15, -0.1) is 23.1 Å². The van der Waals surface area contributed by atoms with Crippen molar-refractivity contribution < 1.29 is 14.3 Å². The number of rotatable bonds is 6. The summed E-state index contributed by atoms with van der Waals surface area (Å²) in [5.41, 5.74) is 2.20. The van der Waals surface area contributed by atoms with Gasteiger partial charge in [-0.1, -0.05) is 13.8 Å². The number of hydrogen-bond donors (Lipinski definition) is 1. The number of esters is 1. The lowest BCUT2D eigenvalue weighted by Gasteiger charge is -2.12. The molecular formula is C21H25NO3S2. The molecule has 144 valence electrons. The highest BCUT2D eigenvalue weighted by molar-refractivity contribution is 7.99. The minimum Gasteiger partial charge on any atom is -0.462 e. The van der Waals surface area contributed by atoms with E-state index in [0.717, 1.165) is 36.1 Å². The van der Waals surface area contributed by atoms with E-state index in [-0.39, 0.29) is 11.9 Å². The molecule has 0 unspecified atom stereocenters. The van der Waals surface area contributed by atoms with Crippen LogP contribution in [0.3, 0.4) is 0 Å². The molecule has 4 nitrogen and oxygen atoms in total. The number of amides is 1. The van der Waals surface area contributed by atoms with Gasteiger partial charge in [-0.25, -0.2) is 4.79 Å². The lowest BCUT2D eigenvalue weighted by Crippen LogP contribution is -2.15. The Morgan fingerprint density at radius 1 is 1.19 bits per heavy atom. The molecular weight excluding hydrogens is 378 g/mol. The van der Waals surface area contributed by atoms with Crippen LogP contribution in [0.4, 0.5) is 5.00 Å². The van der Waals surface area contributed by atoms with Crippen molar-refractivity contribution in [2.45, 2.75) is 56.6 Å². The number of thiophene rings is 1. The van der Waals surface area contributed by atoms with Gasteiger partial charge in [-0.2, -0.15) is 0 Å². The highest BCUT2D eigenvalue weighted by atomic mass is 32.2. The van der Waals surface area contributed by atoms with Gasteiger partial charge < -0.3 is 10.1 Å². The van der Waals surface area contributed by atoms with Crippen LogP contribution < -0.4 is 5.32 Å². The lowest BCUT2D eigenvalue weighted by atomic mass is 9.95. The Hall–Kier alpha value is -1.79. The molecule has 2 aromatic rings. The van der Waals surface area contributed by atoms with Crippen molar-refractivity contribution in [3.05, 3.63) is 45.8 Å². The topological polar surface area (TPSA) is 55.4 Å². The minimum absolute atomic E-state index is 0.194. The summed E-state index contributed by atoms with van der Waals surface area (Å²) in [6, 6.07) is 7.59. The summed E-state index contributed by atoms with van der Waals surface area (Å²) in [6.45, 7) is 6.40. The van der Waals surface area contributed by atoms with Crippen LogP contribution in [0.1, 0.15) is 64.8 Å². The van der Waals surface area contributed by atoms with E-state index in [0.29, 0.717) is 28.0 Å². The number of carbonyl (C=O) groups excluding carboxylic acids is 2. The molecule has 6 heteroatoms. The van der Waals surface area contributed by atoms with Gasteiger partial charge >= 0.3 is 5.97 Å². The maximum absolute atomic E-state index is 12.7. The SMILES string of the molecule is CCOC(=O)c1c(NC(=O)c2ccc(SC(C)C)cc2)sc2c1CCCC2. The average molecular weight is 404 g/mol. The first kappa shape index (κ1) is 20.0. The first-order chi connectivity index (χ1) is 13.0. The number of thioether (sulfide) groups is 1. The number of ether oxygens (including phenoxy) is 1. The smallest absolute Gasteiger partial charge is 0.341 e. The fourth-order valence-electron chi connectivity index (χ4n) is 3.21. The van der Waals surface area contributed by atoms with Crippen LogP contribution in [0.15, 0.2) is 29.2 Å². The first-order valence-electron chi connectivity index (χ1n) is 9.39. The van der Waals surface area contributed by atoms with Crippen molar-refractivity contribution in [1.29, 1.82) is 0 Å². The van der Waals surface area contributed by atoms with Crippen LogP contribution in [-0.2, 0) is 17.6 Å². The Morgan fingerprint density at radius 3 is 2.56 bits per heavy atom. The zero-order valence-corrected chi connectivity index (χ0v) is 17.6. The summed E-state index contributed by atoms with van der Waals surface area (Å²) in [6.07, 6.45) is 4.02. The fourth-order valence-corrected chi connectivity index (χ4v) is 5.32. The van der Waals surface area contributed by atoms with E-state index < -0.39 is 0 Å². The van der Waals surface area contributed by atoms with Crippen LogP contribution in [0.5, 0.6) is 0 Å². The molecule has 1 aliphatic carbocycles. The van der Waals surface area contributed by atoms with E-state index in [2.05, 4.69) is 19.2 Å². The van der Waals surface area contributed by atoms with Crippen LogP contribution >= 0.6 is 23.1 Å². The summed E-state index contributed by atoms with van der Waals surface area (Å²) in [5, 5.41) is 4.07. The molecule has 0 radical (unpaired) electrons. The third-order valence-electron chi connectivity index (χ3n) is 4.37. The second kappa shape index (κ2) is 8.93. The van der Waals surface area contributed by atoms with E-state index in [1.807, 2.05) is 24.3 Å². The molecule has 0 atom stereocenters. The molecule has 1 N–H and O–H groups in total. The van der Waals surface area contributed by atoms with Gasteiger partial charge in [0.15, 0.2) is 0 Å². The van der Waals surface area contributed by atoms with E-state index in [9.17, 15) is 9.59 Å². The van der Waals surface area contributed by atoms with E-state index >= 15 is 0 Å². The molecule has 0 aliphatic heterocycles. The number of aryl methyl sites for hydroxylation is 1. The number of fused-ring (bicyclic) bond motifs is 1. The summed E-state index contributed by atoms with van der Waals surface area (Å²) in [5.74, 6) is -0.531. The largest absolute Gasteiger partial charge is 0.462 e. The molecule has 1 heterocycles. The highest BCUT2D eigenvalue weighted by Gasteiger charge is 2.27. The number of benzene rings is 1. The Labute approximate surface area is 168 Å². The quantitative estimate of drug-likeness (QED) is 0.507. The van der Waals surface area contributed by atoms with Crippen LogP contribution in [0.25, 0.3) is 0 Å². The molecule has 3 rings (SSSR count). The van der Waals surface area contributed by atoms with E-state index in [1.54, 1.807) is 18.7 Å². The molecule has 0 spiro atoms. The van der Waals surface area contributed by atoms with Gasteiger partial charge in [0.1, 0.15) is 5.00 Å². The minimum atomic E-state index is -0.337. The second-order valence-corrected chi connectivity index (χ2v) is 9.54. The average Bonchev–Trinajstić information content (AvgIpc) is 2.99. The first-order valence-corrected chi connectivity index (χ1v) is 11.1. The van der Waals surface area contributed by atoms with Gasteiger partial charge in [-0.3, -0.25) is 4.79 Å². The number of carbonyl (C=O) groups is 2. The lowest BCUT2D eigenvalue weighted by molar-refractivity contribution is 0.0526. The van der Waals surface area contributed by atoms with Crippen molar-refractivity contribution in [3.63, 3.8) is 0 Å². The summed E-state index contributed by atoms with van der Waals surface area (Å²) in [7, 11) is 0. The third-order valence-corrected chi connectivity index (χ3v) is 6.59. The number of anilines is 1. The van der Waals surface area contributed by atoms with Gasteiger partial charge in [-0.05, 0) is 62.4 Å². The molecule has 1 aliphatic rings. The molecule has 0 saturated heterocycles. The molecule has 1 aromatic carbocycles. The van der Waals surface area contributed by atoms with Gasteiger partial charge in [0, 0.05) is 20.6 Å². The Bertz CT molecular complexity index is 825. The van der Waals surface area contributed by atoms with Crippen molar-refractivity contribution in [2.75, 3.05) is 11.9 Å². The van der Waals surface area contributed by atoms with Crippen LogP contribution in [0.2, 0.25) is 0 Å². The Kier molecular flexibility index (Phi) is 6.60. The molecule has 1 aromatic heterocycles. The second-order valence-electron chi connectivity index (χ2n) is 6.78. The Morgan fingerprint density at radius 2 is 1.89 bits per heavy atom. The van der Waals surface area contributed by atoms with Gasteiger partial charge in [0.25, 0.3) is 5.91 Å². The van der Waals surface area contributed by atoms with Crippen molar-refractivity contribution in [1.82, 2.24) is 0 Å². The summed E-state index contributed by atoms with van der Waals surface area (Å²) >= 11 is 3.28. The zero-order chi connectivity index (χ0) is 19.4. The summed E-state index contributed by atoms with van der Waals surface area (Å²) < 4.78 is 5.25. The van der Waals surface area contributed by atoms with Crippen molar-refractivity contribution >= 4 is 40.0 Å². The predicted octanol–water partition coefficient (Wildman–Crippen LogP) is 5.56. The summed E-state index contributed by atoms with van der Waals surface area (Å²) in [4.78, 5) is 27.6. The fraction of sp³-hybridized carbons (Fsp3) is 0.429. The number of nitrogens with one attached hydrogen (secondary N) is 1. The normalized spacial score (nSPS) is 13.3. The molecule has 27 heavy (non-hydrogen) atoms. The monoisotopic (exact) mass is 403 g/mol. The number of hydrogen-bond acceptors (Lipinski definition) is 5. The van der Waals surface area contributed by atoms with Crippen LogP contribution in [0, 0.1) is 0 Å². The van der Waals surface area contributed by atoms with Crippen molar-refractivity contribution in [3.8, 4) is 0 Å². The van der Waals surface area contributed by atoms with E-state index in [1.165, 1.54) is 16.2 Å². The predicted molar refractivity (Wildman–Crippen MR) is 112 cm³/mol. The Balaban J connectivity index is 1.83. The maximum Gasteiger partial charge on any atom is 0.341 e. The van der Waals surface area contributed by atoms with Crippen LogP contribution in [-0.4, -0.2) is 23.7 Å². The molecule has 0 fully saturated rings. The zero-order valence-electron chi connectivity index (χ0n) is 16.0. The molecule has 0 bridgehead atoms. The van der Waals surface area contributed by atoms with E-state index in [4.69, 9.17) is 4.74 Å². The highest BCUT2D eigenvalue weighted by Crippen LogP contribution is 2.38. The van der Waals surface area contributed by atoms with Gasteiger partial charge in [0.2, 0.25) is 0 Å². The standard InChI is InChI=1S/C21H25NO3S2/c1-4-25-21(24)18-16-7-5-6-8-17(16)27-20(18)22-19(23)14-9-11-15(12-10-14)26-13(2)3/h9-13H,4-8H2,1-3H3,(H,22,23).